The number of likely N-dealkylation sites (tertiary alicyclic amines) is 1. The molecule has 0 bridgehead atoms. The predicted molar refractivity (Wildman–Crippen MR) is 86.5 cm³/mol. The minimum atomic E-state index is -0.120. The van der Waals surface area contributed by atoms with E-state index in [1.54, 1.807) is 0 Å². The van der Waals surface area contributed by atoms with Crippen LogP contribution in [0.5, 0.6) is 0 Å². The summed E-state index contributed by atoms with van der Waals surface area (Å²) in [7, 11) is 0. The molecule has 2 heterocycles. The van der Waals surface area contributed by atoms with Gasteiger partial charge in [-0.15, -0.1) is 0 Å². The molecule has 0 aromatic carbocycles. The van der Waals surface area contributed by atoms with E-state index in [-0.39, 0.29) is 11.5 Å². The lowest BCUT2D eigenvalue weighted by molar-refractivity contribution is -0.144. The van der Waals surface area contributed by atoms with Crippen LogP contribution in [0.25, 0.3) is 0 Å². The molecule has 0 amide bonds. The van der Waals surface area contributed by atoms with Gasteiger partial charge in [0.25, 0.3) is 0 Å². The van der Waals surface area contributed by atoms with E-state index in [0.717, 1.165) is 38.2 Å². The van der Waals surface area contributed by atoms with E-state index in [1.165, 1.54) is 5.56 Å². The fourth-order valence-electron chi connectivity index (χ4n) is 2.78. The third-order valence-electron chi connectivity index (χ3n) is 4.44. The summed E-state index contributed by atoms with van der Waals surface area (Å²) in [4.78, 5) is 18.0. The van der Waals surface area contributed by atoms with Gasteiger partial charge >= 0.3 is 5.97 Å². The van der Waals surface area contributed by atoms with Crippen LogP contribution >= 0.6 is 0 Å². The summed E-state index contributed by atoms with van der Waals surface area (Å²) in [5.41, 5.74) is 2.45. The maximum absolute atomic E-state index is 11.5. The summed E-state index contributed by atoms with van der Waals surface area (Å²) >= 11 is 0. The van der Waals surface area contributed by atoms with Gasteiger partial charge in [0, 0.05) is 37.1 Å². The van der Waals surface area contributed by atoms with Gasteiger partial charge in [0.2, 0.25) is 0 Å². The first-order valence-corrected chi connectivity index (χ1v) is 8.06. The number of aryl methyl sites for hydroxylation is 1. The Hall–Kier alpha value is -1.46. The number of esters is 1. The number of aromatic nitrogens is 1. The molecule has 2 rings (SSSR count). The summed E-state index contributed by atoms with van der Waals surface area (Å²) in [5, 5.41) is 3.67. The fourth-order valence-corrected chi connectivity index (χ4v) is 2.78. The molecule has 5 heteroatoms. The second kappa shape index (κ2) is 7.70. The van der Waals surface area contributed by atoms with Crippen LogP contribution in [-0.2, 0) is 16.1 Å². The van der Waals surface area contributed by atoms with Crippen molar-refractivity contribution in [2.45, 2.75) is 45.7 Å². The summed E-state index contributed by atoms with van der Waals surface area (Å²) in [5.74, 6) is -0.120. The van der Waals surface area contributed by atoms with E-state index < -0.39 is 0 Å². The van der Waals surface area contributed by atoms with Crippen LogP contribution in [0.3, 0.4) is 0 Å². The highest BCUT2D eigenvalue weighted by atomic mass is 16.5. The number of rotatable bonds is 6. The van der Waals surface area contributed by atoms with Crippen molar-refractivity contribution in [2.24, 2.45) is 0 Å². The molecule has 1 aliphatic rings. The molecule has 0 unspecified atom stereocenters. The number of carbonyl (C=O) groups excluding carboxylic acids is 1. The number of hydrogen-bond donors (Lipinski definition) is 1. The van der Waals surface area contributed by atoms with Crippen molar-refractivity contribution in [2.75, 3.05) is 26.2 Å². The maximum Gasteiger partial charge on any atom is 0.320 e. The van der Waals surface area contributed by atoms with Crippen molar-refractivity contribution in [1.29, 1.82) is 0 Å². The zero-order valence-electron chi connectivity index (χ0n) is 13.9. The molecule has 0 saturated carbocycles. The fraction of sp³-hybridized carbons (Fsp3) is 0.647. The van der Waals surface area contributed by atoms with Crippen molar-refractivity contribution in [3.8, 4) is 0 Å². The maximum atomic E-state index is 11.5. The number of nitrogens with one attached hydrogen (secondary N) is 1. The molecule has 122 valence electrons. The van der Waals surface area contributed by atoms with Crippen molar-refractivity contribution >= 4 is 5.97 Å². The number of hydrogen-bond acceptors (Lipinski definition) is 5. The third kappa shape index (κ3) is 4.78. The van der Waals surface area contributed by atoms with Gasteiger partial charge in [-0.3, -0.25) is 14.7 Å². The van der Waals surface area contributed by atoms with Gasteiger partial charge in [0.05, 0.1) is 13.2 Å². The van der Waals surface area contributed by atoms with Crippen LogP contribution in [0, 0.1) is 6.92 Å². The minimum Gasteiger partial charge on any atom is -0.465 e. The molecule has 0 spiro atoms. The van der Waals surface area contributed by atoms with Crippen LogP contribution in [0.2, 0.25) is 0 Å². The molecule has 1 aromatic heterocycles. The van der Waals surface area contributed by atoms with Crippen molar-refractivity contribution in [1.82, 2.24) is 15.2 Å². The topological polar surface area (TPSA) is 54.5 Å². The van der Waals surface area contributed by atoms with Crippen LogP contribution in [0.15, 0.2) is 18.3 Å². The Kier molecular flexibility index (Phi) is 5.91. The van der Waals surface area contributed by atoms with Gasteiger partial charge < -0.3 is 10.1 Å². The average Bonchev–Trinajstić information content (AvgIpc) is 2.49. The van der Waals surface area contributed by atoms with Crippen LogP contribution in [0.1, 0.15) is 37.9 Å². The molecule has 1 saturated heterocycles. The first kappa shape index (κ1) is 16.9. The van der Waals surface area contributed by atoms with Gasteiger partial charge in [-0.1, -0.05) is 6.07 Å². The molecule has 1 N–H and O–H groups in total. The Morgan fingerprint density at radius 3 is 2.82 bits per heavy atom. The predicted octanol–water partition coefficient (Wildman–Crippen LogP) is 1.90. The standard InChI is InChI=1S/C17H27N3O2/c1-4-22-16(21)13-20-10-7-17(3,8-11-20)19-12-15-6-5-9-18-14(15)2/h5-6,9,19H,4,7-8,10-13H2,1-3H3. The monoisotopic (exact) mass is 305 g/mol. The number of ether oxygens (including phenoxy) is 1. The lowest BCUT2D eigenvalue weighted by Gasteiger charge is -2.40. The van der Waals surface area contributed by atoms with Gasteiger partial charge in [0.15, 0.2) is 0 Å². The van der Waals surface area contributed by atoms with E-state index in [0.29, 0.717) is 13.2 Å². The van der Waals surface area contributed by atoms with E-state index in [1.807, 2.05) is 26.1 Å². The largest absolute Gasteiger partial charge is 0.465 e. The molecular formula is C17H27N3O2. The lowest BCUT2D eigenvalue weighted by atomic mass is 9.89. The number of carbonyl (C=O) groups is 1. The second-order valence-electron chi connectivity index (χ2n) is 6.24. The molecular weight excluding hydrogens is 278 g/mol. The van der Waals surface area contributed by atoms with E-state index in [2.05, 4.69) is 28.2 Å². The number of piperidine rings is 1. The second-order valence-corrected chi connectivity index (χ2v) is 6.24. The van der Waals surface area contributed by atoms with Crippen molar-refractivity contribution in [3.63, 3.8) is 0 Å². The average molecular weight is 305 g/mol. The first-order valence-electron chi connectivity index (χ1n) is 8.06. The molecule has 1 aromatic rings. The smallest absolute Gasteiger partial charge is 0.320 e. The van der Waals surface area contributed by atoms with Gasteiger partial charge in [-0.05, 0) is 45.2 Å². The number of pyridine rings is 1. The molecule has 22 heavy (non-hydrogen) atoms. The minimum absolute atomic E-state index is 0.118. The van der Waals surface area contributed by atoms with E-state index in [4.69, 9.17) is 4.74 Å². The summed E-state index contributed by atoms with van der Waals surface area (Å²) in [6, 6.07) is 4.10. The highest BCUT2D eigenvalue weighted by molar-refractivity contribution is 5.71. The van der Waals surface area contributed by atoms with Gasteiger partial charge in [-0.2, -0.15) is 0 Å². The van der Waals surface area contributed by atoms with Gasteiger partial charge in [-0.25, -0.2) is 0 Å². The zero-order valence-corrected chi connectivity index (χ0v) is 13.9. The van der Waals surface area contributed by atoms with Crippen LogP contribution in [0.4, 0.5) is 0 Å². The molecule has 0 radical (unpaired) electrons. The summed E-state index contributed by atoms with van der Waals surface area (Å²) < 4.78 is 5.01. The first-order chi connectivity index (χ1) is 10.5. The highest BCUT2D eigenvalue weighted by Gasteiger charge is 2.30. The molecule has 0 atom stereocenters. The Labute approximate surface area is 133 Å². The lowest BCUT2D eigenvalue weighted by Crippen LogP contribution is -2.52. The summed E-state index contributed by atoms with van der Waals surface area (Å²) in [6.07, 6.45) is 3.89. The normalized spacial score (nSPS) is 18.1. The van der Waals surface area contributed by atoms with E-state index >= 15 is 0 Å². The van der Waals surface area contributed by atoms with Gasteiger partial charge in [0.1, 0.15) is 0 Å². The molecule has 0 aliphatic carbocycles. The molecule has 1 fully saturated rings. The SMILES string of the molecule is CCOC(=O)CN1CCC(C)(NCc2cccnc2C)CC1. The third-order valence-corrected chi connectivity index (χ3v) is 4.44. The van der Waals surface area contributed by atoms with Crippen LogP contribution in [-0.4, -0.2) is 47.6 Å². The van der Waals surface area contributed by atoms with E-state index in [9.17, 15) is 4.79 Å². The number of nitrogens with zero attached hydrogens (tertiary/aromatic N) is 2. The quantitative estimate of drug-likeness (QED) is 0.814. The Bertz CT molecular complexity index is 496. The summed E-state index contributed by atoms with van der Waals surface area (Å²) in [6.45, 7) is 9.70. The van der Waals surface area contributed by atoms with Crippen molar-refractivity contribution < 1.29 is 9.53 Å². The Morgan fingerprint density at radius 1 is 1.45 bits per heavy atom. The molecule has 5 nitrogen and oxygen atoms in total. The molecule has 1 aliphatic heterocycles. The Morgan fingerprint density at radius 2 is 2.18 bits per heavy atom. The zero-order chi connectivity index (χ0) is 16.0. The Balaban J connectivity index is 1.79. The van der Waals surface area contributed by atoms with Crippen molar-refractivity contribution in [3.05, 3.63) is 29.6 Å². The highest BCUT2D eigenvalue weighted by Crippen LogP contribution is 2.22. The van der Waals surface area contributed by atoms with Crippen LogP contribution < -0.4 is 5.32 Å².